The van der Waals surface area contributed by atoms with Crippen LogP contribution in [0.2, 0.25) is 0 Å². The van der Waals surface area contributed by atoms with Gasteiger partial charge in [-0.25, -0.2) is 0 Å². The molecule has 1 aliphatic carbocycles. The number of hydrogen-bond donors (Lipinski definition) is 1. The fourth-order valence-electron chi connectivity index (χ4n) is 2.42. The van der Waals surface area contributed by atoms with Crippen LogP contribution in [0.3, 0.4) is 0 Å². The Kier molecular flexibility index (Phi) is 3.20. The number of rotatable bonds is 5. The van der Waals surface area contributed by atoms with Crippen LogP contribution < -0.4 is 10.1 Å². The van der Waals surface area contributed by atoms with E-state index in [2.05, 4.69) is 37.5 Å². The summed E-state index contributed by atoms with van der Waals surface area (Å²) in [7, 11) is 3.78. The average Bonchev–Trinajstić information content (AvgIpc) is 3.09. The van der Waals surface area contributed by atoms with Crippen molar-refractivity contribution >= 4 is 0 Å². The standard InChI is InChI=1S/C14H21NO/c1-11(15-2)14(7-8-14)10-12-5-4-6-13(9-12)16-3/h4-6,9,11,15H,7-8,10H2,1-3H3. The molecule has 1 atom stereocenters. The monoisotopic (exact) mass is 219 g/mol. The first-order valence-electron chi connectivity index (χ1n) is 6.00. The zero-order valence-electron chi connectivity index (χ0n) is 10.4. The molecule has 0 aromatic heterocycles. The number of benzene rings is 1. The van der Waals surface area contributed by atoms with Crippen LogP contribution in [0.1, 0.15) is 25.3 Å². The second-order valence-electron chi connectivity index (χ2n) is 4.90. The minimum atomic E-state index is 0.487. The molecule has 1 aliphatic rings. The van der Waals surface area contributed by atoms with E-state index in [-0.39, 0.29) is 0 Å². The molecule has 1 N–H and O–H groups in total. The molecular weight excluding hydrogens is 198 g/mol. The smallest absolute Gasteiger partial charge is 0.119 e. The van der Waals surface area contributed by atoms with Crippen LogP contribution in [0.4, 0.5) is 0 Å². The Labute approximate surface area is 98.0 Å². The van der Waals surface area contributed by atoms with Gasteiger partial charge in [-0.2, -0.15) is 0 Å². The molecule has 0 saturated heterocycles. The molecule has 1 fully saturated rings. The summed E-state index contributed by atoms with van der Waals surface area (Å²) in [4.78, 5) is 0. The van der Waals surface area contributed by atoms with Gasteiger partial charge < -0.3 is 10.1 Å². The van der Waals surface area contributed by atoms with Gasteiger partial charge in [-0.3, -0.25) is 0 Å². The van der Waals surface area contributed by atoms with Crippen molar-refractivity contribution in [3.05, 3.63) is 29.8 Å². The van der Waals surface area contributed by atoms with Crippen LogP contribution in [0.15, 0.2) is 24.3 Å². The van der Waals surface area contributed by atoms with Crippen molar-refractivity contribution < 1.29 is 4.74 Å². The SMILES string of the molecule is CNC(C)C1(Cc2cccc(OC)c2)CC1. The summed E-state index contributed by atoms with van der Waals surface area (Å²) in [6.45, 7) is 2.28. The van der Waals surface area contributed by atoms with Crippen molar-refractivity contribution in [3.8, 4) is 5.75 Å². The molecule has 1 aromatic carbocycles. The van der Waals surface area contributed by atoms with Gasteiger partial charge in [0.1, 0.15) is 5.75 Å². The van der Waals surface area contributed by atoms with Crippen molar-refractivity contribution in [3.63, 3.8) is 0 Å². The first kappa shape index (κ1) is 11.5. The van der Waals surface area contributed by atoms with E-state index in [1.807, 2.05) is 6.07 Å². The van der Waals surface area contributed by atoms with Gasteiger partial charge >= 0.3 is 0 Å². The maximum atomic E-state index is 5.26. The van der Waals surface area contributed by atoms with Gasteiger partial charge in [-0.15, -0.1) is 0 Å². The molecule has 0 amide bonds. The number of ether oxygens (including phenoxy) is 1. The van der Waals surface area contributed by atoms with Crippen LogP contribution in [-0.4, -0.2) is 20.2 Å². The molecule has 1 aromatic rings. The van der Waals surface area contributed by atoms with E-state index in [1.54, 1.807) is 7.11 Å². The third-order valence-corrected chi connectivity index (χ3v) is 3.93. The summed E-state index contributed by atoms with van der Waals surface area (Å²) in [5.74, 6) is 0.963. The molecule has 88 valence electrons. The summed E-state index contributed by atoms with van der Waals surface area (Å²) < 4.78 is 5.26. The summed E-state index contributed by atoms with van der Waals surface area (Å²) in [5.41, 5.74) is 1.88. The third kappa shape index (κ3) is 2.22. The summed E-state index contributed by atoms with van der Waals surface area (Å²) in [5, 5.41) is 3.39. The van der Waals surface area contributed by atoms with Crippen LogP contribution in [0.25, 0.3) is 0 Å². The molecule has 1 unspecified atom stereocenters. The van der Waals surface area contributed by atoms with Crippen LogP contribution in [-0.2, 0) is 6.42 Å². The van der Waals surface area contributed by atoms with E-state index in [1.165, 1.54) is 18.4 Å². The van der Waals surface area contributed by atoms with Crippen LogP contribution in [0.5, 0.6) is 5.75 Å². The maximum Gasteiger partial charge on any atom is 0.119 e. The Hall–Kier alpha value is -1.02. The van der Waals surface area contributed by atoms with Crippen molar-refractivity contribution in [2.24, 2.45) is 5.41 Å². The maximum absolute atomic E-state index is 5.26. The van der Waals surface area contributed by atoms with E-state index in [4.69, 9.17) is 4.74 Å². The van der Waals surface area contributed by atoms with Gasteiger partial charge in [0.2, 0.25) is 0 Å². The van der Waals surface area contributed by atoms with Crippen molar-refractivity contribution in [1.82, 2.24) is 5.32 Å². The van der Waals surface area contributed by atoms with Gasteiger partial charge in [0.05, 0.1) is 7.11 Å². The van der Waals surface area contributed by atoms with Crippen molar-refractivity contribution in [2.75, 3.05) is 14.2 Å². The first-order valence-corrected chi connectivity index (χ1v) is 6.00. The minimum absolute atomic E-state index is 0.487. The van der Waals surface area contributed by atoms with Gasteiger partial charge in [-0.1, -0.05) is 12.1 Å². The van der Waals surface area contributed by atoms with Gasteiger partial charge in [0.15, 0.2) is 0 Å². The molecule has 2 nitrogen and oxygen atoms in total. The molecule has 0 radical (unpaired) electrons. The Morgan fingerprint density at radius 2 is 2.19 bits per heavy atom. The molecule has 16 heavy (non-hydrogen) atoms. The molecular formula is C14H21NO. The van der Waals surface area contributed by atoms with Crippen LogP contribution in [0, 0.1) is 5.41 Å². The molecule has 2 rings (SSSR count). The largest absolute Gasteiger partial charge is 0.497 e. The Balaban J connectivity index is 2.09. The minimum Gasteiger partial charge on any atom is -0.497 e. The molecule has 0 spiro atoms. The highest BCUT2D eigenvalue weighted by atomic mass is 16.5. The summed E-state index contributed by atoms with van der Waals surface area (Å²) in [6.07, 6.45) is 3.84. The molecule has 0 heterocycles. The lowest BCUT2D eigenvalue weighted by Gasteiger charge is -2.23. The fourth-order valence-corrected chi connectivity index (χ4v) is 2.42. The van der Waals surface area contributed by atoms with Gasteiger partial charge in [0, 0.05) is 6.04 Å². The fraction of sp³-hybridized carbons (Fsp3) is 0.571. The van der Waals surface area contributed by atoms with E-state index < -0.39 is 0 Å². The first-order chi connectivity index (χ1) is 7.70. The Morgan fingerprint density at radius 3 is 2.75 bits per heavy atom. The van der Waals surface area contributed by atoms with Gasteiger partial charge in [-0.05, 0) is 56.3 Å². The zero-order chi connectivity index (χ0) is 11.6. The Bertz CT molecular complexity index is 358. The lowest BCUT2D eigenvalue weighted by atomic mass is 9.90. The topological polar surface area (TPSA) is 21.3 Å². The number of nitrogens with one attached hydrogen (secondary N) is 1. The normalized spacial score (nSPS) is 19.2. The highest BCUT2D eigenvalue weighted by Gasteiger charge is 2.46. The second-order valence-corrected chi connectivity index (χ2v) is 4.90. The highest BCUT2D eigenvalue weighted by molar-refractivity contribution is 5.30. The molecule has 1 saturated carbocycles. The second kappa shape index (κ2) is 4.46. The van der Waals surface area contributed by atoms with Crippen molar-refractivity contribution in [2.45, 2.75) is 32.2 Å². The number of methoxy groups -OCH3 is 1. The zero-order valence-corrected chi connectivity index (χ0v) is 10.4. The van der Waals surface area contributed by atoms with Gasteiger partial charge in [0.25, 0.3) is 0 Å². The number of hydrogen-bond acceptors (Lipinski definition) is 2. The highest BCUT2D eigenvalue weighted by Crippen LogP contribution is 2.51. The molecule has 0 aliphatic heterocycles. The average molecular weight is 219 g/mol. The van der Waals surface area contributed by atoms with Crippen LogP contribution >= 0.6 is 0 Å². The predicted octanol–water partition coefficient (Wildman–Crippen LogP) is 2.63. The Morgan fingerprint density at radius 1 is 1.44 bits per heavy atom. The molecule has 0 bridgehead atoms. The third-order valence-electron chi connectivity index (χ3n) is 3.93. The summed E-state index contributed by atoms with van der Waals surface area (Å²) >= 11 is 0. The van der Waals surface area contributed by atoms with E-state index >= 15 is 0 Å². The molecule has 2 heteroatoms. The predicted molar refractivity (Wildman–Crippen MR) is 66.9 cm³/mol. The quantitative estimate of drug-likeness (QED) is 0.822. The lowest BCUT2D eigenvalue weighted by Crippen LogP contribution is -2.33. The van der Waals surface area contributed by atoms with Crippen molar-refractivity contribution in [1.29, 1.82) is 0 Å². The lowest BCUT2D eigenvalue weighted by molar-refractivity contribution is 0.368. The van der Waals surface area contributed by atoms with E-state index in [0.29, 0.717) is 11.5 Å². The summed E-state index contributed by atoms with van der Waals surface area (Å²) in [6, 6.07) is 9.03. The van der Waals surface area contributed by atoms with E-state index in [0.717, 1.165) is 12.2 Å². The van der Waals surface area contributed by atoms with E-state index in [9.17, 15) is 0 Å².